The second-order valence-corrected chi connectivity index (χ2v) is 10.9. The van der Waals surface area contributed by atoms with Crippen molar-refractivity contribution >= 4 is 17.7 Å². The summed E-state index contributed by atoms with van der Waals surface area (Å²) >= 11 is 1.43. The van der Waals surface area contributed by atoms with Crippen LogP contribution < -0.4 is 5.32 Å². The molecule has 4 fully saturated rings. The lowest BCUT2D eigenvalue weighted by Gasteiger charge is -2.57. The lowest BCUT2D eigenvalue weighted by atomic mass is 9.53. The standard InChI is InChI=1S/C22H29N5OS/c1-13-4-5-19(6-14(13)2)27-21(24-25-26-27)29-15(3)20(28)23-22-10-16-7-17(11-22)9-18(8-16)12-22/h4-6,15-18H,7-12H2,1-3H3,(H,23,28). The molecule has 6 nitrogen and oxygen atoms in total. The van der Waals surface area contributed by atoms with Crippen LogP contribution in [-0.2, 0) is 4.79 Å². The van der Waals surface area contributed by atoms with Crippen molar-refractivity contribution < 1.29 is 4.79 Å². The third-order valence-corrected chi connectivity index (χ3v) is 8.29. The summed E-state index contributed by atoms with van der Waals surface area (Å²) in [5.74, 6) is 2.58. The quantitative estimate of drug-likeness (QED) is 0.757. The predicted molar refractivity (Wildman–Crippen MR) is 113 cm³/mol. The molecule has 0 spiro atoms. The number of carbonyl (C=O) groups is 1. The van der Waals surface area contributed by atoms with Crippen molar-refractivity contribution in [2.75, 3.05) is 0 Å². The van der Waals surface area contributed by atoms with Gasteiger partial charge >= 0.3 is 0 Å². The van der Waals surface area contributed by atoms with Gasteiger partial charge in [-0.1, -0.05) is 17.8 Å². The Kier molecular flexibility index (Phi) is 4.68. The zero-order valence-corrected chi connectivity index (χ0v) is 18.2. The first kappa shape index (κ1) is 19.1. The molecule has 0 saturated heterocycles. The summed E-state index contributed by atoms with van der Waals surface area (Å²) in [6, 6.07) is 6.17. The molecule has 1 N–H and O–H groups in total. The number of amides is 1. The van der Waals surface area contributed by atoms with Crippen LogP contribution in [0.2, 0.25) is 0 Å². The van der Waals surface area contributed by atoms with E-state index < -0.39 is 0 Å². The van der Waals surface area contributed by atoms with Crippen LogP contribution in [0.15, 0.2) is 23.4 Å². The zero-order chi connectivity index (χ0) is 20.2. The topological polar surface area (TPSA) is 72.7 Å². The van der Waals surface area contributed by atoms with Gasteiger partial charge in [-0.05, 0) is 111 Å². The molecule has 29 heavy (non-hydrogen) atoms. The maximum Gasteiger partial charge on any atom is 0.233 e. The number of hydrogen-bond donors (Lipinski definition) is 1. The van der Waals surface area contributed by atoms with Gasteiger partial charge in [-0.2, -0.15) is 4.68 Å². The van der Waals surface area contributed by atoms with Gasteiger partial charge in [-0.3, -0.25) is 4.79 Å². The number of carbonyl (C=O) groups excluding carboxylic acids is 1. The van der Waals surface area contributed by atoms with E-state index in [1.807, 2.05) is 13.0 Å². The van der Waals surface area contributed by atoms with Crippen LogP contribution in [0.4, 0.5) is 0 Å². The molecular formula is C22H29N5OS. The van der Waals surface area contributed by atoms with Crippen molar-refractivity contribution in [1.29, 1.82) is 0 Å². The van der Waals surface area contributed by atoms with Gasteiger partial charge < -0.3 is 5.32 Å². The molecular weight excluding hydrogens is 382 g/mol. The Morgan fingerprint density at radius 1 is 1.14 bits per heavy atom. The SMILES string of the molecule is Cc1ccc(-n2nnnc2SC(C)C(=O)NC23CC4CC(CC(C4)C2)C3)cc1C. The maximum absolute atomic E-state index is 13.1. The summed E-state index contributed by atoms with van der Waals surface area (Å²) in [6.45, 7) is 6.13. The molecule has 1 unspecified atom stereocenters. The van der Waals surface area contributed by atoms with Crippen molar-refractivity contribution in [1.82, 2.24) is 25.5 Å². The van der Waals surface area contributed by atoms with Gasteiger partial charge in [0.1, 0.15) is 0 Å². The highest BCUT2D eigenvalue weighted by Crippen LogP contribution is 2.55. The summed E-state index contributed by atoms with van der Waals surface area (Å²) in [6.07, 6.45) is 7.64. The van der Waals surface area contributed by atoms with E-state index in [4.69, 9.17) is 0 Å². The first-order valence-electron chi connectivity index (χ1n) is 10.8. The number of hydrogen-bond acceptors (Lipinski definition) is 5. The molecule has 1 amide bonds. The van der Waals surface area contributed by atoms with E-state index in [9.17, 15) is 4.79 Å². The number of tetrazole rings is 1. The average molecular weight is 412 g/mol. The van der Waals surface area contributed by atoms with Gasteiger partial charge in [-0.15, -0.1) is 5.10 Å². The van der Waals surface area contributed by atoms with Gasteiger partial charge in [0.2, 0.25) is 11.1 Å². The van der Waals surface area contributed by atoms with Crippen LogP contribution in [0.1, 0.15) is 56.6 Å². The molecule has 6 rings (SSSR count). The third-order valence-electron chi connectivity index (χ3n) is 7.25. The molecule has 1 aromatic heterocycles. The molecule has 154 valence electrons. The minimum atomic E-state index is -0.237. The minimum absolute atomic E-state index is 0.0423. The summed E-state index contributed by atoms with van der Waals surface area (Å²) in [4.78, 5) is 13.1. The zero-order valence-electron chi connectivity index (χ0n) is 17.4. The van der Waals surface area contributed by atoms with Crippen molar-refractivity contribution in [3.05, 3.63) is 29.3 Å². The van der Waals surface area contributed by atoms with E-state index in [-0.39, 0.29) is 16.7 Å². The summed E-state index contributed by atoms with van der Waals surface area (Å²) in [7, 11) is 0. The number of thioether (sulfide) groups is 1. The molecule has 0 radical (unpaired) electrons. The van der Waals surface area contributed by atoms with Crippen LogP contribution >= 0.6 is 11.8 Å². The highest BCUT2D eigenvalue weighted by molar-refractivity contribution is 8.00. The third kappa shape index (κ3) is 3.58. The second kappa shape index (κ2) is 7.11. The Bertz CT molecular complexity index is 904. The van der Waals surface area contributed by atoms with Crippen LogP contribution in [0.25, 0.3) is 5.69 Å². The smallest absolute Gasteiger partial charge is 0.233 e. The molecule has 4 bridgehead atoms. The van der Waals surface area contributed by atoms with Gasteiger partial charge in [-0.25, -0.2) is 0 Å². The number of aromatic nitrogens is 4. The average Bonchev–Trinajstić information content (AvgIpc) is 3.10. The lowest BCUT2D eigenvalue weighted by molar-refractivity contribution is -0.126. The molecule has 4 aliphatic rings. The number of nitrogens with one attached hydrogen (secondary N) is 1. The molecule has 7 heteroatoms. The molecule has 0 aliphatic heterocycles. The first-order valence-corrected chi connectivity index (χ1v) is 11.6. The van der Waals surface area contributed by atoms with Crippen molar-refractivity contribution in [2.45, 2.75) is 75.2 Å². The first-order chi connectivity index (χ1) is 13.9. The van der Waals surface area contributed by atoms with Gasteiger partial charge in [0.25, 0.3) is 0 Å². The second-order valence-electron chi connectivity index (χ2n) is 9.59. The van der Waals surface area contributed by atoms with Crippen LogP contribution in [0.3, 0.4) is 0 Å². The normalized spacial score (nSPS) is 31.1. The van der Waals surface area contributed by atoms with E-state index in [0.29, 0.717) is 5.16 Å². The predicted octanol–water partition coefficient (Wildman–Crippen LogP) is 3.84. The van der Waals surface area contributed by atoms with E-state index in [1.54, 1.807) is 4.68 Å². The fraction of sp³-hybridized carbons (Fsp3) is 0.636. The maximum atomic E-state index is 13.1. The van der Waals surface area contributed by atoms with Crippen molar-refractivity contribution in [2.24, 2.45) is 17.8 Å². The monoisotopic (exact) mass is 411 g/mol. The van der Waals surface area contributed by atoms with Crippen LogP contribution in [-0.4, -0.2) is 36.9 Å². The van der Waals surface area contributed by atoms with Gasteiger partial charge in [0, 0.05) is 5.54 Å². The Hall–Kier alpha value is -1.89. The Labute approximate surface area is 176 Å². The molecule has 2 aromatic rings. The highest BCUT2D eigenvalue weighted by Gasteiger charge is 2.51. The van der Waals surface area contributed by atoms with Gasteiger partial charge in [0.15, 0.2) is 0 Å². The van der Waals surface area contributed by atoms with Crippen LogP contribution in [0, 0.1) is 31.6 Å². The summed E-state index contributed by atoms with van der Waals surface area (Å²) in [5, 5.41) is 16.1. The number of benzene rings is 1. The Morgan fingerprint density at radius 3 is 2.41 bits per heavy atom. The van der Waals surface area contributed by atoms with E-state index in [1.165, 1.54) is 61.4 Å². The van der Waals surface area contributed by atoms with Crippen molar-refractivity contribution in [3.8, 4) is 5.69 Å². The molecule has 1 aromatic carbocycles. The molecule has 1 atom stereocenters. The Balaban J connectivity index is 1.29. The molecule has 4 saturated carbocycles. The number of aryl methyl sites for hydroxylation is 2. The Morgan fingerprint density at radius 2 is 1.79 bits per heavy atom. The number of nitrogens with zero attached hydrogens (tertiary/aromatic N) is 4. The fourth-order valence-corrected chi connectivity index (χ4v) is 6.92. The minimum Gasteiger partial charge on any atom is -0.350 e. The van der Waals surface area contributed by atoms with E-state index in [2.05, 4.69) is 46.8 Å². The molecule has 1 heterocycles. The fourth-order valence-electron chi connectivity index (χ4n) is 6.11. The van der Waals surface area contributed by atoms with Crippen LogP contribution in [0.5, 0.6) is 0 Å². The highest BCUT2D eigenvalue weighted by atomic mass is 32.2. The lowest BCUT2D eigenvalue weighted by Crippen LogP contribution is -2.60. The largest absolute Gasteiger partial charge is 0.350 e. The van der Waals surface area contributed by atoms with E-state index >= 15 is 0 Å². The summed E-state index contributed by atoms with van der Waals surface area (Å²) < 4.78 is 1.73. The number of rotatable bonds is 5. The van der Waals surface area contributed by atoms with Gasteiger partial charge in [0.05, 0.1) is 10.9 Å². The summed E-state index contributed by atoms with van der Waals surface area (Å²) in [5.41, 5.74) is 3.40. The van der Waals surface area contributed by atoms with E-state index in [0.717, 1.165) is 23.4 Å². The van der Waals surface area contributed by atoms with Crippen molar-refractivity contribution in [3.63, 3.8) is 0 Å². The molecule has 4 aliphatic carbocycles.